The third kappa shape index (κ3) is 3.23. The first-order chi connectivity index (χ1) is 16.3. The van der Waals surface area contributed by atoms with Gasteiger partial charge < -0.3 is 4.90 Å². The number of halogens is 3. The Kier molecular flexibility index (Phi) is 5.10. The summed E-state index contributed by atoms with van der Waals surface area (Å²) in [6.45, 7) is 0. The highest BCUT2D eigenvalue weighted by atomic mass is 32.1. The number of benzene rings is 1. The summed E-state index contributed by atoms with van der Waals surface area (Å²) < 4.78 is 41.8. The second-order valence-electron chi connectivity index (χ2n) is 8.10. The molecule has 0 atom stereocenters. The molecule has 1 saturated heterocycles. The third-order valence-electron chi connectivity index (χ3n) is 6.27. The second kappa shape index (κ2) is 7.88. The fraction of sp³-hybridized carbons (Fsp3) is 0.208. The number of hydrogen-bond donors (Lipinski definition) is 0. The molecule has 170 valence electrons. The number of carbonyl (C=O) groups is 1. The first-order valence-corrected chi connectivity index (χ1v) is 10.8. The van der Waals surface area contributed by atoms with Gasteiger partial charge in [-0.2, -0.15) is 18.4 Å². The van der Waals surface area contributed by atoms with Gasteiger partial charge in [0.25, 0.3) is 5.91 Å². The average molecular weight is 479 g/mol. The van der Waals surface area contributed by atoms with Crippen LogP contribution in [0.2, 0.25) is 0 Å². The lowest BCUT2D eigenvalue weighted by atomic mass is 9.75. The molecule has 1 aromatic carbocycles. The van der Waals surface area contributed by atoms with E-state index in [4.69, 9.17) is 12.2 Å². The predicted molar refractivity (Wildman–Crippen MR) is 123 cm³/mol. The van der Waals surface area contributed by atoms with Crippen molar-refractivity contribution >= 4 is 34.6 Å². The van der Waals surface area contributed by atoms with Crippen LogP contribution in [0, 0.1) is 11.3 Å². The lowest BCUT2D eigenvalue weighted by Crippen LogP contribution is -2.55. The van der Waals surface area contributed by atoms with Crippen LogP contribution >= 0.6 is 12.2 Å². The van der Waals surface area contributed by atoms with Crippen LogP contribution in [0.25, 0.3) is 11.1 Å². The number of amides is 1. The van der Waals surface area contributed by atoms with Gasteiger partial charge in [0.2, 0.25) is 0 Å². The van der Waals surface area contributed by atoms with E-state index in [0.29, 0.717) is 18.5 Å². The van der Waals surface area contributed by atoms with Crippen LogP contribution in [0.15, 0.2) is 61.1 Å². The molecule has 3 heterocycles. The lowest BCUT2D eigenvalue weighted by molar-refractivity contribution is -0.137. The van der Waals surface area contributed by atoms with Crippen LogP contribution in [0.5, 0.6) is 0 Å². The van der Waals surface area contributed by atoms with E-state index >= 15 is 0 Å². The van der Waals surface area contributed by atoms with Gasteiger partial charge in [-0.25, -0.2) is 4.98 Å². The molecule has 2 aromatic heterocycles. The van der Waals surface area contributed by atoms with Gasteiger partial charge in [-0.3, -0.25) is 14.7 Å². The minimum atomic E-state index is -4.89. The number of pyridine rings is 2. The predicted octanol–water partition coefficient (Wildman–Crippen LogP) is 5.09. The first-order valence-electron chi connectivity index (χ1n) is 10.4. The topological polar surface area (TPSA) is 73.1 Å². The molecule has 34 heavy (non-hydrogen) atoms. The highest BCUT2D eigenvalue weighted by molar-refractivity contribution is 7.81. The molecular formula is C24H16F3N5OS. The van der Waals surface area contributed by atoms with Crippen LogP contribution < -0.4 is 9.80 Å². The van der Waals surface area contributed by atoms with Gasteiger partial charge >= 0.3 is 6.18 Å². The van der Waals surface area contributed by atoms with Crippen molar-refractivity contribution in [1.29, 1.82) is 5.26 Å². The number of anilines is 2. The van der Waals surface area contributed by atoms with E-state index in [2.05, 4.69) is 9.97 Å². The molecule has 3 aromatic rings. The Morgan fingerprint density at radius 3 is 2.35 bits per heavy atom. The van der Waals surface area contributed by atoms with Crippen LogP contribution in [0.3, 0.4) is 0 Å². The molecule has 1 aliphatic heterocycles. The average Bonchev–Trinajstić information content (AvgIpc) is 3.05. The Bertz CT molecular complexity index is 1330. The summed E-state index contributed by atoms with van der Waals surface area (Å²) in [6, 6.07) is 13.6. The van der Waals surface area contributed by atoms with E-state index in [1.54, 1.807) is 29.4 Å². The minimum absolute atomic E-state index is 0.0561. The zero-order valence-corrected chi connectivity index (χ0v) is 18.4. The zero-order valence-electron chi connectivity index (χ0n) is 17.6. The molecule has 0 unspecified atom stereocenters. The summed E-state index contributed by atoms with van der Waals surface area (Å²) >= 11 is 5.59. The highest BCUT2D eigenvalue weighted by Crippen LogP contribution is 2.49. The third-order valence-corrected chi connectivity index (χ3v) is 6.64. The Morgan fingerprint density at radius 1 is 1.06 bits per heavy atom. The monoisotopic (exact) mass is 479 g/mol. The van der Waals surface area contributed by atoms with Crippen molar-refractivity contribution in [2.45, 2.75) is 31.0 Å². The van der Waals surface area contributed by atoms with E-state index in [1.807, 2.05) is 24.3 Å². The van der Waals surface area contributed by atoms with Crippen molar-refractivity contribution < 1.29 is 18.0 Å². The quantitative estimate of drug-likeness (QED) is 0.487. The van der Waals surface area contributed by atoms with Crippen molar-refractivity contribution in [2.24, 2.45) is 0 Å². The highest BCUT2D eigenvalue weighted by Gasteiger charge is 2.60. The molecule has 1 aliphatic carbocycles. The van der Waals surface area contributed by atoms with Gasteiger partial charge in [-0.15, -0.1) is 0 Å². The van der Waals surface area contributed by atoms with Crippen molar-refractivity contribution in [3.05, 3.63) is 72.3 Å². The van der Waals surface area contributed by atoms with Crippen molar-refractivity contribution in [1.82, 2.24) is 9.97 Å². The Labute approximate surface area is 198 Å². The number of nitriles is 1. The van der Waals surface area contributed by atoms with Gasteiger partial charge in [-0.05, 0) is 66.9 Å². The fourth-order valence-electron chi connectivity index (χ4n) is 4.53. The summed E-state index contributed by atoms with van der Waals surface area (Å²) in [5.41, 5.74) is -1.18. The van der Waals surface area contributed by atoms with E-state index in [-0.39, 0.29) is 5.11 Å². The summed E-state index contributed by atoms with van der Waals surface area (Å²) in [6.07, 6.45) is 1.26. The normalized spacial score (nSPS) is 17.1. The molecule has 2 aliphatic rings. The summed E-state index contributed by atoms with van der Waals surface area (Å²) in [4.78, 5) is 23.8. The minimum Gasteiger partial charge on any atom is -0.303 e. The number of aromatic nitrogens is 2. The summed E-state index contributed by atoms with van der Waals surface area (Å²) in [7, 11) is 0. The molecule has 10 heteroatoms. The molecule has 2 fully saturated rings. The van der Waals surface area contributed by atoms with Gasteiger partial charge in [0.05, 0.1) is 5.69 Å². The van der Waals surface area contributed by atoms with E-state index in [1.165, 1.54) is 6.07 Å². The zero-order chi connectivity index (χ0) is 24.1. The molecule has 6 nitrogen and oxygen atoms in total. The summed E-state index contributed by atoms with van der Waals surface area (Å²) in [5, 5.41) is 9.17. The van der Waals surface area contributed by atoms with Gasteiger partial charge in [0.1, 0.15) is 17.2 Å². The van der Waals surface area contributed by atoms with Gasteiger partial charge in [-0.1, -0.05) is 18.2 Å². The van der Waals surface area contributed by atoms with Crippen LogP contribution in [-0.2, 0) is 11.0 Å². The molecule has 1 saturated carbocycles. The van der Waals surface area contributed by atoms with E-state index < -0.39 is 34.6 Å². The van der Waals surface area contributed by atoms with Crippen molar-refractivity contribution in [2.75, 3.05) is 9.80 Å². The maximum atomic E-state index is 13.9. The maximum absolute atomic E-state index is 13.9. The standard InChI is InChI=1S/C24H16F3N5OS/c25-24(26,27)20-18(13-28)30-12-8-19(20)31-21(33)23(9-2-10-23)32(22(31)34)17-6-4-15(5-7-17)16-3-1-11-29-14-16/h1,3-8,11-12,14H,2,9-10H2. The molecular weight excluding hydrogens is 463 g/mol. The van der Waals surface area contributed by atoms with E-state index in [0.717, 1.165) is 34.7 Å². The fourth-order valence-corrected chi connectivity index (χ4v) is 4.99. The van der Waals surface area contributed by atoms with Crippen LogP contribution in [0.1, 0.15) is 30.5 Å². The SMILES string of the molecule is N#Cc1nccc(N2C(=O)C3(CCC3)N(c3ccc(-c4cccnc4)cc3)C2=S)c1C(F)(F)F. The number of thiocarbonyl (C=S) groups is 1. The number of rotatable bonds is 3. The van der Waals surface area contributed by atoms with Crippen LogP contribution in [-0.4, -0.2) is 26.5 Å². The van der Waals surface area contributed by atoms with Gasteiger partial charge in [0.15, 0.2) is 10.8 Å². The Morgan fingerprint density at radius 2 is 1.79 bits per heavy atom. The molecule has 1 amide bonds. The Balaban J connectivity index is 1.60. The molecule has 0 bridgehead atoms. The number of alkyl halides is 3. The van der Waals surface area contributed by atoms with Crippen LogP contribution in [0.4, 0.5) is 24.5 Å². The second-order valence-corrected chi connectivity index (χ2v) is 8.46. The molecule has 0 radical (unpaired) electrons. The first kappa shape index (κ1) is 22.0. The number of carbonyl (C=O) groups excluding carboxylic acids is 1. The number of hydrogen-bond acceptors (Lipinski definition) is 5. The van der Waals surface area contributed by atoms with Crippen molar-refractivity contribution in [3.63, 3.8) is 0 Å². The smallest absolute Gasteiger partial charge is 0.303 e. The largest absolute Gasteiger partial charge is 0.421 e. The Hall–Kier alpha value is -3.84. The lowest BCUT2D eigenvalue weighted by Gasteiger charge is -2.43. The summed E-state index contributed by atoms with van der Waals surface area (Å²) in [5.74, 6) is -0.527. The molecule has 5 rings (SSSR count). The van der Waals surface area contributed by atoms with Gasteiger partial charge in [0, 0.05) is 24.3 Å². The number of nitrogens with zero attached hydrogens (tertiary/aromatic N) is 5. The molecule has 1 spiro atoms. The van der Waals surface area contributed by atoms with Crippen molar-refractivity contribution in [3.8, 4) is 17.2 Å². The maximum Gasteiger partial charge on any atom is 0.421 e. The molecule has 0 N–H and O–H groups in total. The van der Waals surface area contributed by atoms with E-state index in [9.17, 15) is 23.2 Å².